The minimum Gasteiger partial charge on any atom is -0.0628 e. The van der Waals surface area contributed by atoms with E-state index in [9.17, 15) is 0 Å². The average molecular weight is 152 g/mol. The third-order valence-corrected chi connectivity index (χ3v) is 3.71. The topological polar surface area (TPSA) is 0 Å². The maximum absolute atomic E-state index is 2.36. The first-order valence-electron chi connectivity index (χ1n) is 5.23. The van der Waals surface area contributed by atoms with Crippen LogP contribution in [-0.4, -0.2) is 0 Å². The Morgan fingerprint density at radius 2 is 1.91 bits per heavy atom. The summed E-state index contributed by atoms with van der Waals surface area (Å²) >= 11 is 0. The smallest absolute Gasteiger partial charge is 0.0266 e. The molecule has 64 valence electrons. The summed E-state index contributed by atoms with van der Waals surface area (Å²) in [4.78, 5) is 0. The zero-order chi connectivity index (χ0) is 7.90. The Hall–Kier alpha value is 0. The van der Waals surface area contributed by atoms with Crippen LogP contribution in [0.4, 0.5) is 0 Å². The maximum Gasteiger partial charge on any atom is -0.0266 e. The van der Waals surface area contributed by atoms with E-state index in [0.717, 1.165) is 17.3 Å². The Morgan fingerprint density at radius 1 is 1.27 bits per heavy atom. The number of rotatable bonds is 2. The molecule has 2 fully saturated rings. The minimum atomic E-state index is 0.893. The van der Waals surface area contributed by atoms with E-state index >= 15 is 0 Å². The highest BCUT2D eigenvalue weighted by atomic mass is 14.6. The second-order valence-corrected chi connectivity index (χ2v) is 5.10. The van der Waals surface area contributed by atoms with Crippen LogP contribution in [0.15, 0.2) is 0 Å². The van der Waals surface area contributed by atoms with Crippen molar-refractivity contribution in [2.24, 2.45) is 17.3 Å². The van der Waals surface area contributed by atoms with E-state index in [1.165, 1.54) is 19.3 Å². The summed E-state index contributed by atoms with van der Waals surface area (Å²) in [6.07, 6.45) is 9.24. The Bertz CT molecular complexity index is 140. The molecule has 0 nitrogen and oxygen atoms in total. The fourth-order valence-electron chi connectivity index (χ4n) is 3.03. The molecule has 1 spiro atoms. The van der Waals surface area contributed by atoms with Crippen molar-refractivity contribution in [2.75, 3.05) is 0 Å². The molecule has 2 aliphatic carbocycles. The van der Waals surface area contributed by atoms with Crippen LogP contribution in [0.3, 0.4) is 0 Å². The van der Waals surface area contributed by atoms with Crippen LogP contribution in [0.5, 0.6) is 0 Å². The normalized spacial score (nSPS) is 33.5. The quantitative estimate of drug-likeness (QED) is 0.567. The second kappa shape index (κ2) is 2.50. The van der Waals surface area contributed by atoms with Crippen molar-refractivity contribution in [3.05, 3.63) is 0 Å². The highest BCUT2D eigenvalue weighted by Gasteiger charge is 2.54. The molecule has 11 heavy (non-hydrogen) atoms. The first kappa shape index (κ1) is 7.64. The fraction of sp³-hybridized carbons (Fsp3) is 1.00. The van der Waals surface area contributed by atoms with E-state index < -0.39 is 0 Å². The highest BCUT2D eigenvalue weighted by molar-refractivity contribution is 5.04. The Morgan fingerprint density at radius 3 is 2.45 bits per heavy atom. The lowest BCUT2D eigenvalue weighted by molar-refractivity contribution is 0.415. The van der Waals surface area contributed by atoms with Crippen molar-refractivity contribution in [3.8, 4) is 0 Å². The molecule has 0 aliphatic heterocycles. The zero-order valence-corrected chi connectivity index (χ0v) is 7.90. The van der Waals surface area contributed by atoms with Crippen molar-refractivity contribution in [1.29, 1.82) is 0 Å². The molecule has 0 aromatic rings. The summed E-state index contributed by atoms with van der Waals surface area (Å²) in [6, 6.07) is 0. The minimum absolute atomic E-state index is 0.893. The summed E-state index contributed by atoms with van der Waals surface area (Å²) in [5, 5.41) is 0. The van der Waals surface area contributed by atoms with Crippen molar-refractivity contribution in [1.82, 2.24) is 0 Å². The molecule has 2 aliphatic rings. The molecule has 2 rings (SSSR count). The molecule has 0 saturated heterocycles. The van der Waals surface area contributed by atoms with Crippen molar-refractivity contribution < 1.29 is 0 Å². The molecule has 0 bridgehead atoms. The molecular formula is C11H20. The van der Waals surface area contributed by atoms with Gasteiger partial charge in [0.15, 0.2) is 0 Å². The molecule has 1 unspecified atom stereocenters. The maximum atomic E-state index is 2.36. The van der Waals surface area contributed by atoms with E-state index in [4.69, 9.17) is 0 Å². The van der Waals surface area contributed by atoms with Gasteiger partial charge in [0.1, 0.15) is 0 Å². The molecule has 0 radical (unpaired) electrons. The SMILES string of the molecule is CC(C)CC1CC12CCCC2. The van der Waals surface area contributed by atoms with Crippen LogP contribution in [0, 0.1) is 17.3 Å². The summed E-state index contributed by atoms with van der Waals surface area (Å²) in [6.45, 7) is 4.72. The van der Waals surface area contributed by atoms with Gasteiger partial charge in [0.2, 0.25) is 0 Å². The first-order valence-corrected chi connectivity index (χ1v) is 5.23. The molecule has 2 saturated carbocycles. The Labute approximate surface area is 70.4 Å². The standard InChI is InChI=1S/C11H20/c1-9(2)7-10-8-11(10)5-3-4-6-11/h9-10H,3-8H2,1-2H3. The van der Waals surface area contributed by atoms with Gasteiger partial charge in [-0.3, -0.25) is 0 Å². The van der Waals surface area contributed by atoms with Gasteiger partial charge in [0.25, 0.3) is 0 Å². The fourth-order valence-corrected chi connectivity index (χ4v) is 3.03. The largest absolute Gasteiger partial charge is 0.0628 e. The van der Waals surface area contributed by atoms with Gasteiger partial charge in [-0.15, -0.1) is 0 Å². The van der Waals surface area contributed by atoms with Gasteiger partial charge >= 0.3 is 0 Å². The van der Waals surface area contributed by atoms with Crippen molar-refractivity contribution in [2.45, 2.75) is 52.4 Å². The van der Waals surface area contributed by atoms with E-state index in [-0.39, 0.29) is 0 Å². The number of hydrogen-bond donors (Lipinski definition) is 0. The highest BCUT2D eigenvalue weighted by Crippen LogP contribution is 2.64. The van der Waals surface area contributed by atoms with E-state index in [1.807, 2.05) is 0 Å². The van der Waals surface area contributed by atoms with Crippen LogP contribution >= 0.6 is 0 Å². The van der Waals surface area contributed by atoms with Gasteiger partial charge in [0.05, 0.1) is 0 Å². The van der Waals surface area contributed by atoms with Gasteiger partial charge in [-0.2, -0.15) is 0 Å². The first-order chi connectivity index (χ1) is 5.23. The van der Waals surface area contributed by atoms with Crippen molar-refractivity contribution in [3.63, 3.8) is 0 Å². The predicted octanol–water partition coefficient (Wildman–Crippen LogP) is 3.61. The predicted molar refractivity (Wildman–Crippen MR) is 48.5 cm³/mol. The van der Waals surface area contributed by atoms with E-state index in [0.29, 0.717) is 0 Å². The molecule has 0 heterocycles. The van der Waals surface area contributed by atoms with Crippen LogP contribution in [0.2, 0.25) is 0 Å². The summed E-state index contributed by atoms with van der Waals surface area (Å²) < 4.78 is 0. The molecule has 0 N–H and O–H groups in total. The molecule has 0 aromatic heterocycles. The van der Waals surface area contributed by atoms with Crippen LogP contribution in [-0.2, 0) is 0 Å². The number of hydrogen-bond acceptors (Lipinski definition) is 0. The van der Waals surface area contributed by atoms with Gasteiger partial charge in [0, 0.05) is 0 Å². The second-order valence-electron chi connectivity index (χ2n) is 5.10. The van der Waals surface area contributed by atoms with E-state index in [1.54, 1.807) is 19.3 Å². The summed E-state index contributed by atoms with van der Waals surface area (Å²) in [5.41, 5.74) is 0.893. The lowest BCUT2D eigenvalue weighted by Crippen LogP contribution is -1.99. The molecule has 0 heteroatoms. The lowest BCUT2D eigenvalue weighted by Gasteiger charge is -2.09. The third kappa shape index (κ3) is 1.32. The van der Waals surface area contributed by atoms with Crippen LogP contribution in [0.25, 0.3) is 0 Å². The van der Waals surface area contributed by atoms with Gasteiger partial charge in [-0.25, -0.2) is 0 Å². The summed E-state index contributed by atoms with van der Waals surface area (Å²) in [7, 11) is 0. The molecule has 1 atom stereocenters. The van der Waals surface area contributed by atoms with Gasteiger partial charge in [-0.05, 0) is 42.9 Å². The van der Waals surface area contributed by atoms with E-state index in [2.05, 4.69) is 13.8 Å². The van der Waals surface area contributed by atoms with Crippen molar-refractivity contribution >= 4 is 0 Å². The Balaban J connectivity index is 1.84. The van der Waals surface area contributed by atoms with Crippen LogP contribution < -0.4 is 0 Å². The van der Waals surface area contributed by atoms with Crippen LogP contribution in [0.1, 0.15) is 52.4 Å². The lowest BCUT2D eigenvalue weighted by atomic mass is 9.96. The molecule has 0 amide bonds. The van der Waals surface area contributed by atoms with Gasteiger partial charge in [-0.1, -0.05) is 26.7 Å². The molecule has 0 aromatic carbocycles. The third-order valence-electron chi connectivity index (χ3n) is 3.71. The average Bonchev–Trinajstić information content (AvgIpc) is 2.43. The van der Waals surface area contributed by atoms with Gasteiger partial charge < -0.3 is 0 Å². The Kier molecular flexibility index (Phi) is 1.74. The summed E-state index contributed by atoms with van der Waals surface area (Å²) in [5.74, 6) is 2.06. The zero-order valence-electron chi connectivity index (χ0n) is 7.90. The molecular weight excluding hydrogens is 132 g/mol. The monoisotopic (exact) mass is 152 g/mol.